The van der Waals surface area contributed by atoms with Gasteiger partial charge in [-0.25, -0.2) is 0 Å². The van der Waals surface area contributed by atoms with E-state index in [1.165, 1.54) is 18.4 Å². The fourth-order valence-electron chi connectivity index (χ4n) is 2.27. The molecule has 1 saturated carbocycles. The number of nitrogens with zero attached hydrogens (tertiary/aromatic N) is 1. The van der Waals surface area contributed by atoms with Gasteiger partial charge in [0.15, 0.2) is 0 Å². The highest BCUT2D eigenvalue weighted by Gasteiger charge is 2.34. The minimum atomic E-state index is -0.118. The lowest BCUT2D eigenvalue weighted by Crippen LogP contribution is -2.35. The number of rotatable bonds is 6. The molecule has 1 unspecified atom stereocenters. The van der Waals surface area contributed by atoms with Crippen molar-refractivity contribution in [2.45, 2.75) is 38.8 Å². The van der Waals surface area contributed by atoms with Crippen molar-refractivity contribution in [1.82, 2.24) is 4.90 Å². The summed E-state index contributed by atoms with van der Waals surface area (Å²) in [6, 6.07) is 11.1. The van der Waals surface area contributed by atoms with Crippen molar-refractivity contribution in [2.75, 3.05) is 13.2 Å². The smallest absolute Gasteiger partial charge is 0.320 e. The molecule has 0 radical (unpaired) electrons. The number of ether oxygens (including phenoxy) is 1. The first-order valence-corrected chi connectivity index (χ1v) is 6.68. The van der Waals surface area contributed by atoms with Crippen molar-refractivity contribution in [1.29, 1.82) is 0 Å². The third-order valence-electron chi connectivity index (χ3n) is 3.41. The number of hydrogen-bond donors (Lipinski definition) is 0. The van der Waals surface area contributed by atoms with E-state index in [-0.39, 0.29) is 12.0 Å². The Bertz CT molecular complexity index is 387. The molecule has 0 heterocycles. The van der Waals surface area contributed by atoms with Crippen LogP contribution in [-0.4, -0.2) is 30.1 Å². The molecule has 1 atom stereocenters. The van der Waals surface area contributed by atoms with E-state index in [2.05, 4.69) is 24.0 Å². The van der Waals surface area contributed by atoms with Gasteiger partial charge in [-0.2, -0.15) is 0 Å². The highest BCUT2D eigenvalue weighted by Crippen LogP contribution is 2.33. The molecule has 0 aromatic heterocycles. The van der Waals surface area contributed by atoms with Gasteiger partial charge in [-0.15, -0.1) is 0 Å². The van der Waals surface area contributed by atoms with Gasteiger partial charge in [0.1, 0.15) is 0 Å². The Labute approximate surface area is 109 Å². The normalized spacial score (nSPS) is 16.6. The minimum Gasteiger partial charge on any atom is -0.465 e. The van der Waals surface area contributed by atoms with Crippen LogP contribution in [0.3, 0.4) is 0 Å². The van der Waals surface area contributed by atoms with Crippen molar-refractivity contribution in [3.05, 3.63) is 35.9 Å². The molecule has 1 aromatic rings. The van der Waals surface area contributed by atoms with Crippen LogP contribution in [0.25, 0.3) is 0 Å². The second kappa shape index (κ2) is 6.01. The van der Waals surface area contributed by atoms with Crippen LogP contribution in [0.1, 0.15) is 38.3 Å². The Morgan fingerprint density at radius 2 is 2.06 bits per heavy atom. The topological polar surface area (TPSA) is 29.5 Å². The number of carbonyl (C=O) groups excluding carboxylic acids is 1. The predicted molar refractivity (Wildman–Crippen MR) is 71.2 cm³/mol. The zero-order valence-corrected chi connectivity index (χ0v) is 11.1. The zero-order chi connectivity index (χ0) is 13.0. The van der Waals surface area contributed by atoms with Crippen LogP contribution >= 0.6 is 0 Å². The lowest BCUT2D eigenvalue weighted by Gasteiger charge is -2.28. The minimum absolute atomic E-state index is 0.118. The number of esters is 1. The highest BCUT2D eigenvalue weighted by molar-refractivity contribution is 5.71. The summed E-state index contributed by atoms with van der Waals surface area (Å²) in [6.45, 7) is 4.86. The Hall–Kier alpha value is -1.35. The summed E-state index contributed by atoms with van der Waals surface area (Å²) in [5.74, 6) is -0.118. The summed E-state index contributed by atoms with van der Waals surface area (Å²) in [7, 11) is 0. The first kappa shape index (κ1) is 13.1. The largest absolute Gasteiger partial charge is 0.465 e. The van der Waals surface area contributed by atoms with Crippen LogP contribution in [0.15, 0.2) is 30.3 Å². The first-order valence-electron chi connectivity index (χ1n) is 6.68. The molecule has 1 aromatic carbocycles. The van der Waals surface area contributed by atoms with E-state index in [4.69, 9.17) is 4.74 Å². The fourth-order valence-corrected chi connectivity index (χ4v) is 2.27. The monoisotopic (exact) mass is 247 g/mol. The molecule has 1 aliphatic rings. The fraction of sp³-hybridized carbons (Fsp3) is 0.533. The van der Waals surface area contributed by atoms with E-state index in [1.54, 1.807) is 0 Å². The van der Waals surface area contributed by atoms with Gasteiger partial charge in [0, 0.05) is 12.1 Å². The molecule has 1 fully saturated rings. The quantitative estimate of drug-likeness (QED) is 0.724. The maximum Gasteiger partial charge on any atom is 0.320 e. The van der Waals surface area contributed by atoms with Gasteiger partial charge in [0.2, 0.25) is 0 Å². The lowest BCUT2D eigenvalue weighted by molar-refractivity contribution is -0.145. The standard InChI is InChI=1S/C15H21NO2/c1-3-18-15(17)11-16(14-9-10-14)12(2)13-7-5-4-6-8-13/h4-8,12,14H,3,9-11H2,1-2H3. The second-order valence-corrected chi connectivity index (χ2v) is 4.80. The summed E-state index contributed by atoms with van der Waals surface area (Å²) in [6.07, 6.45) is 2.38. The van der Waals surface area contributed by atoms with Gasteiger partial charge in [-0.1, -0.05) is 30.3 Å². The summed E-state index contributed by atoms with van der Waals surface area (Å²) in [5.41, 5.74) is 1.26. The number of benzene rings is 1. The third-order valence-corrected chi connectivity index (χ3v) is 3.41. The Morgan fingerprint density at radius 3 is 2.61 bits per heavy atom. The predicted octanol–water partition coefficient (Wildman–Crippen LogP) is 2.78. The van der Waals surface area contributed by atoms with Gasteiger partial charge >= 0.3 is 5.97 Å². The average molecular weight is 247 g/mol. The van der Waals surface area contributed by atoms with E-state index in [0.717, 1.165) is 0 Å². The molecule has 0 spiro atoms. The molecule has 0 N–H and O–H groups in total. The van der Waals surface area contributed by atoms with Crippen molar-refractivity contribution >= 4 is 5.97 Å². The molecule has 0 amide bonds. The van der Waals surface area contributed by atoms with E-state index in [0.29, 0.717) is 19.2 Å². The van der Waals surface area contributed by atoms with E-state index < -0.39 is 0 Å². The zero-order valence-electron chi connectivity index (χ0n) is 11.1. The highest BCUT2D eigenvalue weighted by atomic mass is 16.5. The van der Waals surface area contributed by atoms with Crippen LogP contribution in [0, 0.1) is 0 Å². The Kier molecular flexibility index (Phi) is 4.37. The molecule has 1 aliphatic carbocycles. The molecule has 18 heavy (non-hydrogen) atoms. The van der Waals surface area contributed by atoms with Crippen LogP contribution in [0.5, 0.6) is 0 Å². The van der Waals surface area contributed by atoms with Crippen LogP contribution in [-0.2, 0) is 9.53 Å². The number of carbonyl (C=O) groups is 1. The van der Waals surface area contributed by atoms with E-state index in [9.17, 15) is 4.79 Å². The van der Waals surface area contributed by atoms with Crippen molar-refractivity contribution in [3.63, 3.8) is 0 Å². The van der Waals surface area contributed by atoms with Gasteiger partial charge in [0.25, 0.3) is 0 Å². The molecule has 3 heteroatoms. The molecule has 0 saturated heterocycles. The molecule has 3 nitrogen and oxygen atoms in total. The molecular formula is C15H21NO2. The van der Waals surface area contributed by atoms with Gasteiger partial charge in [-0.3, -0.25) is 9.69 Å². The maximum absolute atomic E-state index is 11.7. The molecular weight excluding hydrogens is 226 g/mol. The van der Waals surface area contributed by atoms with Gasteiger partial charge in [0.05, 0.1) is 13.2 Å². The number of hydrogen-bond acceptors (Lipinski definition) is 3. The van der Waals surface area contributed by atoms with Crippen molar-refractivity contribution in [3.8, 4) is 0 Å². The van der Waals surface area contributed by atoms with E-state index in [1.807, 2.05) is 25.1 Å². The molecule has 2 rings (SSSR count). The SMILES string of the molecule is CCOC(=O)CN(C1CC1)C(C)c1ccccc1. The van der Waals surface area contributed by atoms with Crippen LogP contribution < -0.4 is 0 Å². The van der Waals surface area contributed by atoms with Crippen molar-refractivity contribution < 1.29 is 9.53 Å². The molecule has 0 aliphatic heterocycles. The maximum atomic E-state index is 11.7. The van der Waals surface area contributed by atoms with E-state index >= 15 is 0 Å². The second-order valence-electron chi connectivity index (χ2n) is 4.80. The Morgan fingerprint density at radius 1 is 1.39 bits per heavy atom. The van der Waals surface area contributed by atoms with Gasteiger partial charge < -0.3 is 4.74 Å². The summed E-state index contributed by atoms with van der Waals surface area (Å²) in [4.78, 5) is 13.9. The van der Waals surface area contributed by atoms with Gasteiger partial charge in [-0.05, 0) is 32.3 Å². The Balaban J connectivity index is 2.03. The lowest BCUT2D eigenvalue weighted by atomic mass is 10.1. The third kappa shape index (κ3) is 3.33. The first-order chi connectivity index (χ1) is 8.72. The summed E-state index contributed by atoms with van der Waals surface area (Å²) >= 11 is 0. The molecule has 98 valence electrons. The molecule has 0 bridgehead atoms. The summed E-state index contributed by atoms with van der Waals surface area (Å²) < 4.78 is 5.06. The van der Waals surface area contributed by atoms with Crippen LogP contribution in [0.2, 0.25) is 0 Å². The average Bonchev–Trinajstić information content (AvgIpc) is 3.21. The van der Waals surface area contributed by atoms with Crippen LogP contribution in [0.4, 0.5) is 0 Å². The summed E-state index contributed by atoms with van der Waals surface area (Å²) in [5, 5.41) is 0. The van der Waals surface area contributed by atoms with Crippen molar-refractivity contribution in [2.24, 2.45) is 0 Å².